The lowest BCUT2D eigenvalue weighted by atomic mass is 9.86. The standard InChI is InChI=1S/C18H20N2O2/c21-17(14-7-2-1-3-8-14)20-11-10-13-6-4-5-9-15(13)18(20)12-16(18)19-22/h4-6,9-11,14,16H,1-3,7-8,12H2/t16-,18+/m1/s1. The molecule has 1 heterocycles. The van der Waals surface area contributed by atoms with E-state index in [1.54, 1.807) is 0 Å². The van der Waals surface area contributed by atoms with Gasteiger partial charge in [0.1, 0.15) is 11.6 Å². The molecule has 0 bridgehead atoms. The highest BCUT2D eigenvalue weighted by Crippen LogP contribution is 2.56. The maximum Gasteiger partial charge on any atom is 0.230 e. The summed E-state index contributed by atoms with van der Waals surface area (Å²) in [7, 11) is 0. The third-order valence-corrected chi connectivity index (χ3v) is 5.48. The molecule has 0 saturated heterocycles. The fourth-order valence-electron chi connectivity index (χ4n) is 4.18. The minimum Gasteiger partial charge on any atom is -0.306 e. The summed E-state index contributed by atoms with van der Waals surface area (Å²) in [5, 5.41) is 3.28. The molecule has 1 spiro atoms. The van der Waals surface area contributed by atoms with Gasteiger partial charge in [0.25, 0.3) is 0 Å². The van der Waals surface area contributed by atoms with E-state index in [2.05, 4.69) is 5.18 Å². The van der Waals surface area contributed by atoms with E-state index in [1.165, 1.54) is 6.42 Å². The summed E-state index contributed by atoms with van der Waals surface area (Å²) in [5.74, 6) is 0.282. The lowest BCUT2D eigenvalue weighted by molar-refractivity contribution is -0.136. The average molecular weight is 296 g/mol. The summed E-state index contributed by atoms with van der Waals surface area (Å²) >= 11 is 0. The Labute approximate surface area is 130 Å². The molecule has 0 unspecified atom stereocenters. The molecule has 2 fully saturated rings. The third kappa shape index (κ3) is 1.86. The van der Waals surface area contributed by atoms with E-state index in [1.807, 2.05) is 41.4 Å². The number of fused-ring (bicyclic) bond motifs is 2. The molecule has 2 aliphatic carbocycles. The molecule has 4 nitrogen and oxygen atoms in total. The zero-order chi connectivity index (χ0) is 15.2. The van der Waals surface area contributed by atoms with Crippen LogP contribution >= 0.6 is 0 Å². The molecule has 4 rings (SSSR count). The number of benzene rings is 1. The Balaban J connectivity index is 1.71. The molecular weight excluding hydrogens is 276 g/mol. The van der Waals surface area contributed by atoms with Crippen molar-refractivity contribution in [3.8, 4) is 0 Å². The van der Waals surface area contributed by atoms with E-state index in [-0.39, 0.29) is 17.9 Å². The van der Waals surface area contributed by atoms with Crippen LogP contribution in [0.2, 0.25) is 0 Å². The minimum atomic E-state index is -0.512. The number of hydrogen-bond acceptors (Lipinski definition) is 3. The van der Waals surface area contributed by atoms with Crippen molar-refractivity contribution in [1.29, 1.82) is 0 Å². The molecule has 114 valence electrons. The Kier molecular flexibility index (Phi) is 3.13. The summed E-state index contributed by atoms with van der Waals surface area (Å²) in [6, 6.07) is 7.72. The normalized spacial score (nSPS) is 30.2. The van der Waals surface area contributed by atoms with Gasteiger partial charge in [-0.25, -0.2) is 0 Å². The van der Waals surface area contributed by atoms with Crippen LogP contribution in [0.3, 0.4) is 0 Å². The lowest BCUT2D eigenvalue weighted by Crippen LogP contribution is -2.44. The first-order valence-electron chi connectivity index (χ1n) is 8.21. The van der Waals surface area contributed by atoms with E-state index in [0.29, 0.717) is 6.42 Å². The second-order valence-electron chi connectivity index (χ2n) is 6.70. The van der Waals surface area contributed by atoms with Crippen molar-refractivity contribution in [3.05, 3.63) is 46.5 Å². The Bertz CT molecular complexity index is 648. The van der Waals surface area contributed by atoms with Gasteiger partial charge in [0.2, 0.25) is 5.91 Å². The van der Waals surface area contributed by atoms with Gasteiger partial charge in [-0.15, -0.1) is 0 Å². The first kappa shape index (κ1) is 13.7. The van der Waals surface area contributed by atoms with E-state index in [0.717, 1.165) is 36.8 Å². The molecule has 0 N–H and O–H groups in total. The van der Waals surface area contributed by atoms with Gasteiger partial charge >= 0.3 is 0 Å². The van der Waals surface area contributed by atoms with Crippen LogP contribution in [-0.4, -0.2) is 16.8 Å². The monoisotopic (exact) mass is 296 g/mol. The van der Waals surface area contributed by atoms with Crippen molar-refractivity contribution in [2.45, 2.75) is 50.1 Å². The molecule has 1 aromatic carbocycles. The zero-order valence-electron chi connectivity index (χ0n) is 12.6. The largest absolute Gasteiger partial charge is 0.306 e. The van der Waals surface area contributed by atoms with Gasteiger partial charge in [0.15, 0.2) is 0 Å². The third-order valence-electron chi connectivity index (χ3n) is 5.48. The van der Waals surface area contributed by atoms with Gasteiger partial charge < -0.3 is 4.90 Å². The van der Waals surface area contributed by atoms with Crippen LogP contribution < -0.4 is 0 Å². The number of nitroso groups, excluding NO2 is 1. The first-order chi connectivity index (χ1) is 10.8. The maximum atomic E-state index is 13.0. The number of amides is 1. The predicted molar refractivity (Wildman–Crippen MR) is 84.8 cm³/mol. The molecule has 1 aromatic rings. The highest BCUT2D eigenvalue weighted by molar-refractivity contribution is 5.84. The topological polar surface area (TPSA) is 49.7 Å². The van der Waals surface area contributed by atoms with E-state index >= 15 is 0 Å². The second-order valence-corrected chi connectivity index (χ2v) is 6.70. The predicted octanol–water partition coefficient (Wildman–Crippen LogP) is 3.81. The lowest BCUT2D eigenvalue weighted by Gasteiger charge is -2.37. The molecular formula is C18H20N2O2. The Hall–Kier alpha value is -1.97. The molecule has 2 saturated carbocycles. The van der Waals surface area contributed by atoms with Gasteiger partial charge in [0, 0.05) is 18.5 Å². The molecule has 2 atom stereocenters. The summed E-state index contributed by atoms with van der Waals surface area (Å²) in [6.45, 7) is 0. The first-order valence-corrected chi connectivity index (χ1v) is 8.21. The smallest absolute Gasteiger partial charge is 0.230 e. The average Bonchev–Trinajstić information content (AvgIpc) is 3.30. The number of nitrogens with zero attached hydrogens (tertiary/aromatic N) is 2. The van der Waals surface area contributed by atoms with Crippen LogP contribution in [0.4, 0.5) is 0 Å². The van der Waals surface area contributed by atoms with Crippen LogP contribution in [-0.2, 0) is 10.3 Å². The summed E-state index contributed by atoms with van der Waals surface area (Å²) in [4.78, 5) is 26.0. The van der Waals surface area contributed by atoms with E-state index in [9.17, 15) is 9.70 Å². The SMILES string of the molecule is O=N[C@@H]1C[C@]12c1ccccc1C=CN2C(=O)C1CCCCC1. The number of carbonyl (C=O) groups excluding carboxylic acids is 1. The van der Waals surface area contributed by atoms with Crippen molar-refractivity contribution in [1.82, 2.24) is 4.90 Å². The van der Waals surface area contributed by atoms with E-state index in [4.69, 9.17) is 0 Å². The quantitative estimate of drug-likeness (QED) is 0.779. The molecule has 22 heavy (non-hydrogen) atoms. The molecule has 0 radical (unpaired) electrons. The van der Waals surface area contributed by atoms with Gasteiger partial charge in [-0.2, -0.15) is 4.91 Å². The highest BCUT2D eigenvalue weighted by Gasteiger charge is 2.64. The molecule has 1 amide bonds. The zero-order valence-corrected chi connectivity index (χ0v) is 12.6. The van der Waals surface area contributed by atoms with Gasteiger partial charge in [0.05, 0.1) is 0 Å². The van der Waals surface area contributed by atoms with Crippen LogP contribution in [0.25, 0.3) is 6.08 Å². The van der Waals surface area contributed by atoms with Crippen LogP contribution in [0.5, 0.6) is 0 Å². The molecule has 0 aromatic heterocycles. The fourth-order valence-corrected chi connectivity index (χ4v) is 4.18. The molecule has 1 aliphatic heterocycles. The Morgan fingerprint density at radius 2 is 1.95 bits per heavy atom. The van der Waals surface area contributed by atoms with Crippen LogP contribution in [0.1, 0.15) is 49.7 Å². The van der Waals surface area contributed by atoms with Crippen molar-refractivity contribution < 1.29 is 4.79 Å². The summed E-state index contributed by atoms with van der Waals surface area (Å²) in [5.41, 5.74) is 1.66. The Morgan fingerprint density at radius 3 is 2.68 bits per heavy atom. The molecule has 3 aliphatic rings. The number of carbonyl (C=O) groups is 1. The second kappa shape index (κ2) is 5.04. The highest BCUT2D eigenvalue weighted by atomic mass is 16.3. The summed E-state index contributed by atoms with van der Waals surface area (Å²) in [6.07, 6.45) is 9.95. The summed E-state index contributed by atoms with van der Waals surface area (Å²) < 4.78 is 0. The van der Waals surface area contributed by atoms with Crippen molar-refractivity contribution in [3.63, 3.8) is 0 Å². The maximum absolute atomic E-state index is 13.0. The van der Waals surface area contributed by atoms with Gasteiger partial charge in [-0.05, 0) is 30.0 Å². The molecule has 4 heteroatoms. The van der Waals surface area contributed by atoms with Gasteiger partial charge in [-0.3, -0.25) is 4.79 Å². The minimum absolute atomic E-state index is 0.105. The van der Waals surface area contributed by atoms with Crippen LogP contribution in [0.15, 0.2) is 35.6 Å². The number of hydrogen-bond donors (Lipinski definition) is 0. The van der Waals surface area contributed by atoms with Gasteiger partial charge in [-0.1, -0.05) is 48.7 Å². The van der Waals surface area contributed by atoms with Crippen molar-refractivity contribution in [2.75, 3.05) is 0 Å². The Morgan fingerprint density at radius 1 is 1.18 bits per heavy atom. The fraction of sp³-hybridized carbons (Fsp3) is 0.500. The van der Waals surface area contributed by atoms with Crippen molar-refractivity contribution >= 4 is 12.0 Å². The van der Waals surface area contributed by atoms with Crippen LogP contribution in [0, 0.1) is 10.8 Å². The number of rotatable bonds is 2. The van der Waals surface area contributed by atoms with E-state index < -0.39 is 5.54 Å². The van der Waals surface area contributed by atoms with Crippen molar-refractivity contribution in [2.24, 2.45) is 11.1 Å².